The second-order valence-corrected chi connectivity index (χ2v) is 5.24. The molecular formula is C11H10ClFN2S. The molecule has 0 radical (unpaired) electrons. The van der Waals surface area contributed by atoms with Gasteiger partial charge in [-0.15, -0.1) is 21.8 Å². The highest BCUT2D eigenvalue weighted by molar-refractivity contribution is 7.15. The molecule has 0 aliphatic heterocycles. The van der Waals surface area contributed by atoms with Crippen LogP contribution in [0.3, 0.4) is 0 Å². The molecule has 2 rings (SSSR count). The molecule has 2 nitrogen and oxygen atoms in total. The molecule has 84 valence electrons. The summed E-state index contributed by atoms with van der Waals surface area (Å²) in [6.45, 7) is 3.68. The van der Waals surface area contributed by atoms with Crippen molar-refractivity contribution >= 4 is 22.9 Å². The molecule has 0 N–H and O–H groups in total. The highest BCUT2D eigenvalue weighted by Crippen LogP contribution is 2.30. The zero-order valence-electron chi connectivity index (χ0n) is 8.87. The molecule has 0 fully saturated rings. The zero-order valence-corrected chi connectivity index (χ0v) is 10.4. The summed E-state index contributed by atoms with van der Waals surface area (Å²) in [5.41, 5.74) is 1.62. The first-order valence-electron chi connectivity index (χ1n) is 4.81. The molecule has 16 heavy (non-hydrogen) atoms. The first kappa shape index (κ1) is 11.5. The Labute approximate surface area is 102 Å². The Kier molecular flexibility index (Phi) is 3.21. The van der Waals surface area contributed by atoms with Crippen molar-refractivity contribution in [3.8, 4) is 10.6 Å². The summed E-state index contributed by atoms with van der Waals surface area (Å²) < 4.78 is 13.2. The van der Waals surface area contributed by atoms with Gasteiger partial charge >= 0.3 is 0 Å². The molecule has 0 saturated carbocycles. The number of aromatic nitrogens is 2. The minimum absolute atomic E-state index is 0.166. The van der Waals surface area contributed by atoms with Crippen LogP contribution in [-0.2, 0) is 0 Å². The molecule has 1 heterocycles. The van der Waals surface area contributed by atoms with Crippen molar-refractivity contribution in [2.45, 2.75) is 19.2 Å². The third-order valence-electron chi connectivity index (χ3n) is 2.07. The highest BCUT2D eigenvalue weighted by atomic mass is 35.5. The third-order valence-corrected chi connectivity index (χ3v) is 3.56. The summed E-state index contributed by atoms with van der Waals surface area (Å²) in [7, 11) is 0. The quantitative estimate of drug-likeness (QED) is 0.761. The highest BCUT2D eigenvalue weighted by Gasteiger charge is 2.11. The van der Waals surface area contributed by atoms with Crippen molar-refractivity contribution in [3.05, 3.63) is 34.6 Å². The smallest absolute Gasteiger partial charge is 0.147 e. The Hall–Kier alpha value is -1.000. The van der Waals surface area contributed by atoms with E-state index in [1.54, 1.807) is 0 Å². The van der Waals surface area contributed by atoms with E-state index in [0.717, 1.165) is 16.1 Å². The van der Waals surface area contributed by atoms with E-state index in [4.69, 9.17) is 11.6 Å². The summed E-state index contributed by atoms with van der Waals surface area (Å²) in [6.07, 6.45) is 0. The first-order valence-corrected chi connectivity index (χ1v) is 6.06. The standard InChI is InChI=1S/C11H10ClFN2S/c1-6-3-8(5-9(13)4-6)11-15-14-10(16-11)7(2)12/h3-5,7H,1-2H3. The minimum atomic E-state index is -0.259. The van der Waals surface area contributed by atoms with E-state index in [0.29, 0.717) is 5.01 Å². The van der Waals surface area contributed by atoms with E-state index >= 15 is 0 Å². The van der Waals surface area contributed by atoms with Crippen LogP contribution in [0, 0.1) is 12.7 Å². The van der Waals surface area contributed by atoms with Gasteiger partial charge in [0.2, 0.25) is 0 Å². The van der Waals surface area contributed by atoms with Crippen molar-refractivity contribution in [2.24, 2.45) is 0 Å². The lowest BCUT2D eigenvalue weighted by Crippen LogP contribution is -1.83. The molecule has 1 aromatic carbocycles. The van der Waals surface area contributed by atoms with Gasteiger partial charge in [-0.05, 0) is 37.6 Å². The molecule has 0 aliphatic rings. The molecular weight excluding hydrogens is 247 g/mol. The van der Waals surface area contributed by atoms with Gasteiger partial charge in [0, 0.05) is 5.56 Å². The molecule has 1 aromatic heterocycles. The second kappa shape index (κ2) is 4.47. The van der Waals surface area contributed by atoms with E-state index in [9.17, 15) is 4.39 Å². The van der Waals surface area contributed by atoms with E-state index in [-0.39, 0.29) is 11.2 Å². The van der Waals surface area contributed by atoms with Crippen molar-refractivity contribution < 1.29 is 4.39 Å². The number of nitrogens with zero attached hydrogens (tertiary/aromatic N) is 2. The fourth-order valence-electron chi connectivity index (χ4n) is 1.37. The maximum Gasteiger partial charge on any atom is 0.147 e. The Morgan fingerprint density at radius 3 is 2.62 bits per heavy atom. The number of halogens is 2. The van der Waals surface area contributed by atoms with Crippen molar-refractivity contribution in [3.63, 3.8) is 0 Å². The summed E-state index contributed by atoms with van der Waals surface area (Å²) >= 11 is 7.29. The van der Waals surface area contributed by atoms with Gasteiger partial charge in [0.1, 0.15) is 15.8 Å². The lowest BCUT2D eigenvalue weighted by Gasteiger charge is -1.98. The fraction of sp³-hybridized carbons (Fsp3) is 0.273. The summed E-state index contributed by atoms with van der Waals surface area (Å²) in [5.74, 6) is -0.259. The Balaban J connectivity index is 2.42. The SMILES string of the molecule is Cc1cc(F)cc(-c2nnc(C(C)Cl)s2)c1. The van der Waals surface area contributed by atoms with Crippen LogP contribution in [0.4, 0.5) is 4.39 Å². The van der Waals surface area contributed by atoms with Crippen molar-refractivity contribution in [2.75, 3.05) is 0 Å². The number of aryl methyl sites for hydroxylation is 1. The fourth-order valence-corrected chi connectivity index (χ4v) is 2.31. The van der Waals surface area contributed by atoms with Crippen LogP contribution < -0.4 is 0 Å². The molecule has 0 amide bonds. The van der Waals surface area contributed by atoms with Crippen molar-refractivity contribution in [1.29, 1.82) is 0 Å². The van der Waals surface area contributed by atoms with E-state index < -0.39 is 0 Å². The Morgan fingerprint density at radius 1 is 1.31 bits per heavy atom. The number of hydrogen-bond acceptors (Lipinski definition) is 3. The number of benzene rings is 1. The molecule has 2 aromatic rings. The maximum absolute atomic E-state index is 13.2. The lowest BCUT2D eigenvalue weighted by molar-refractivity contribution is 0.627. The number of rotatable bonds is 2. The maximum atomic E-state index is 13.2. The normalized spacial score (nSPS) is 12.8. The van der Waals surface area contributed by atoms with E-state index in [1.165, 1.54) is 23.5 Å². The van der Waals surface area contributed by atoms with Crippen LogP contribution in [0.25, 0.3) is 10.6 Å². The minimum Gasteiger partial charge on any atom is -0.207 e. The van der Waals surface area contributed by atoms with Gasteiger partial charge in [0.25, 0.3) is 0 Å². The molecule has 5 heteroatoms. The van der Waals surface area contributed by atoms with Gasteiger partial charge in [0.15, 0.2) is 0 Å². The average Bonchev–Trinajstić information content (AvgIpc) is 2.64. The Bertz CT molecular complexity index is 490. The average molecular weight is 257 g/mol. The number of alkyl halides is 1. The molecule has 0 aliphatic carbocycles. The van der Waals surface area contributed by atoms with Gasteiger partial charge in [-0.25, -0.2) is 4.39 Å². The van der Waals surface area contributed by atoms with Crippen LogP contribution >= 0.6 is 22.9 Å². The molecule has 0 saturated heterocycles. The molecule has 1 atom stereocenters. The largest absolute Gasteiger partial charge is 0.207 e. The van der Waals surface area contributed by atoms with Crippen molar-refractivity contribution in [1.82, 2.24) is 10.2 Å². The van der Waals surface area contributed by atoms with Crippen LogP contribution in [0.1, 0.15) is 22.9 Å². The zero-order chi connectivity index (χ0) is 11.7. The molecule has 0 bridgehead atoms. The summed E-state index contributed by atoms with van der Waals surface area (Å²) in [5, 5.41) is 9.25. The van der Waals surface area contributed by atoms with Crippen LogP contribution in [-0.4, -0.2) is 10.2 Å². The van der Waals surface area contributed by atoms with Crippen LogP contribution in [0.5, 0.6) is 0 Å². The molecule has 1 unspecified atom stereocenters. The lowest BCUT2D eigenvalue weighted by atomic mass is 10.1. The van der Waals surface area contributed by atoms with Gasteiger partial charge in [-0.1, -0.05) is 11.3 Å². The third kappa shape index (κ3) is 2.39. The predicted octanol–water partition coefficient (Wildman–Crippen LogP) is 3.95. The molecule has 0 spiro atoms. The topological polar surface area (TPSA) is 25.8 Å². The van der Waals surface area contributed by atoms with Gasteiger partial charge in [0.05, 0.1) is 5.38 Å². The van der Waals surface area contributed by atoms with Gasteiger partial charge in [-0.3, -0.25) is 0 Å². The van der Waals surface area contributed by atoms with Crippen LogP contribution in [0.15, 0.2) is 18.2 Å². The van der Waals surface area contributed by atoms with Crippen LogP contribution in [0.2, 0.25) is 0 Å². The van der Waals surface area contributed by atoms with Gasteiger partial charge in [-0.2, -0.15) is 0 Å². The van der Waals surface area contributed by atoms with E-state index in [1.807, 2.05) is 19.9 Å². The summed E-state index contributed by atoms with van der Waals surface area (Å²) in [6, 6.07) is 4.82. The van der Waals surface area contributed by atoms with E-state index in [2.05, 4.69) is 10.2 Å². The first-order chi connectivity index (χ1) is 7.56. The number of hydrogen-bond donors (Lipinski definition) is 0. The van der Waals surface area contributed by atoms with Gasteiger partial charge < -0.3 is 0 Å². The summed E-state index contributed by atoms with van der Waals surface area (Å²) in [4.78, 5) is 0. The Morgan fingerprint density at radius 2 is 2.06 bits per heavy atom. The second-order valence-electron chi connectivity index (χ2n) is 3.58. The predicted molar refractivity (Wildman–Crippen MR) is 64.3 cm³/mol. The monoisotopic (exact) mass is 256 g/mol.